The maximum Gasteiger partial charge on any atom is 0.306 e. The van der Waals surface area contributed by atoms with Crippen LogP contribution >= 0.6 is 0 Å². The fourth-order valence-corrected chi connectivity index (χ4v) is 7.54. The van der Waals surface area contributed by atoms with E-state index in [4.69, 9.17) is 23.7 Å². The minimum Gasteiger partial charge on any atom is -0.462 e. The second kappa shape index (κ2) is 8.20. The first kappa shape index (κ1) is 23.6. The van der Waals surface area contributed by atoms with Crippen molar-refractivity contribution in [2.45, 2.75) is 115 Å². The van der Waals surface area contributed by atoms with Gasteiger partial charge in [-0.05, 0) is 44.4 Å². The van der Waals surface area contributed by atoms with Gasteiger partial charge in [-0.1, -0.05) is 20.8 Å². The molecule has 33 heavy (non-hydrogen) atoms. The molecule has 7 heteroatoms. The smallest absolute Gasteiger partial charge is 0.306 e. The van der Waals surface area contributed by atoms with Crippen molar-refractivity contribution >= 4 is 11.9 Å². The SMILES string of the molecule is CCCC(=O)OC1C(C)CC2C(C)COC3(C)C(OC(C)=O)CC4OC4(C)CC4OC3C2C41. The molecule has 5 aliphatic rings. The Morgan fingerprint density at radius 1 is 1.06 bits per heavy atom. The van der Waals surface area contributed by atoms with Crippen LogP contribution in [0.5, 0.6) is 0 Å². The number of epoxide rings is 1. The summed E-state index contributed by atoms with van der Waals surface area (Å²) < 4.78 is 31.8. The lowest BCUT2D eigenvalue weighted by Gasteiger charge is -2.47. The summed E-state index contributed by atoms with van der Waals surface area (Å²) in [5.41, 5.74) is -1.09. The average Bonchev–Trinajstić information content (AvgIpc) is 3.22. The molecule has 186 valence electrons. The van der Waals surface area contributed by atoms with Crippen LogP contribution in [0.25, 0.3) is 0 Å². The summed E-state index contributed by atoms with van der Waals surface area (Å²) in [6.07, 6.45) is 2.65. The molecule has 0 amide bonds. The highest BCUT2D eigenvalue weighted by Crippen LogP contribution is 2.60. The van der Waals surface area contributed by atoms with E-state index >= 15 is 0 Å². The lowest BCUT2D eigenvalue weighted by atomic mass is 9.59. The minimum atomic E-state index is -0.776. The van der Waals surface area contributed by atoms with E-state index in [1.165, 1.54) is 6.92 Å². The molecule has 1 saturated carbocycles. The summed E-state index contributed by atoms with van der Waals surface area (Å²) >= 11 is 0. The van der Waals surface area contributed by atoms with E-state index < -0.39 is 11.7 Å². The predicted octanol–water partition coefficient (Wildman–Crippen LogP) is 3.66. The van der Waals surface area contributed by atoms with Gasteiger partial charge in [-0.25, -0.2) is 0 Å². The zero-order valence-corrected chi connectivity index (χ0v) is 20.9. The van der Waals surface area contributed by atoms with Gasteiger partial charge in [-0.2, -0.15) is 0 Å². The van der Waals surface area contributed by atoms with E-state index in [-0.39, 0.29) is 59.7 Å². The van der Waals surface area contributed by atoms with Gasteiger partial charge in [0.15, 0.2) is 0 Å². The molecule has 12 unspecified atom stereocenters. The average molecular weight is 465 g/mol. The Labute approximate surface area is 197 Å². The highest BCUT2D eigenvalue weighted by atomic mass is 16.6. The topological polar surface area (TPSA) is 83.6 Å². The van der Waals surface area contributed by atoms with Gasteiger partial charge in [0.25, 0.3) is 0 Å². The second-order valence-corrected chi connectivity index (χ2v) is 11.8. The van der Waals surface area contributed by atoms with Crippen molar-refractivity contribution in [3.63, 3.8) is 0 Å². The van der Waals surface area contributed by atoms with Crippen molar-refractivity contribution in [3.05, 3.63) is 0 Å². The Morgan fingerprint density at radius 3 is 2.52 bits per heavy atom. The van der Waals surface area contributed by atoms with Crippen LogP contribution in [-0.2, 0) is 33.3 Å². The van der Waals surface area contributed by atoms with Crippen LogP contribution in [0.4, 0.5) is 0 Å². The highest BCUT2D eigenvalue weighted by Gasteiger charge is 2.69. The second-order valence-electron chi connectivity index (χ2n) is 11.8. The van der Waals surface area contributed by atoms with E-state index in [1.54, 1.807) is 0 Å². The molecule has 2 bridgehead atoms. The summed E-state index contributed by atoms with van der Waals surface area (Å²) in [6.45, 7) is 12.7. The van der Waals surface area contributed by atoms with E-state index in [0.717, 1.165) is 19.3 Å². The van der Waals surface area contributed by atoms with Gasteiger partial charge in [0.05, 0.1) is 30.5 Å². The number of ether oxygens (including phenoxy) is 5. The third kappa shape index (κ3) is 3.82. The van der Waals surface area contributed by atoms with E-state index in [1.807, 2.05) is 6.92 Å². The van der Waals surface area contributed by atoms with Gasteiger partial charge < -0.3 is 23.7 Å². The minimum absolute atomic E-state index is 0.00209. The van der Waals surface area contributed by atoms with Crippen molar-refractivity contribution in [1.29, 1.82) is 0 Å². The lowest BCUT2D eigenvalue weighted by molar-refractivity contribution is -0.203. The van der Waals surface area contributed by atoms with Crippen LogP contribution in [-0.4, -0.2) is 60.3 Å². The molecule has 0 aromatic rings. The molecule has 12 atom stereocenters. The number of hydrogen-bond acceptors (Lipinski definition) is 7. The monoisotopic (exact) mass is 464 g/mol. The van der Waals surface area contributed by atoms with Gasteiger partial charge in [0, 0.05) is 38.0 Å². The number of rotatable bonds is 4. The van der Waals surface area contributed by atoms with Crippen molar-refractivity contribution in [1.82, 2.24) is 0 Å². The Hall–Kier alpha value is -1.18. The van der Waals surface area contributed by atoms with Crippen LogP contribution in [0.3, 0.4) is 0 Å². The highest BCUT2D eigenvalue weighted by molar-refractivity contribution is 5.69. The molecule has 4 saturated heterocycles. The summed E-state index contributed by atoms with van der Waals surface area (Å²) in [6, 6.07) is 0. The van der Waals surface area contributed by atoms with Crippen molar-refractivity contribution < 1.29 is 33.3 Å². The zero-order chi connectivity index (χ0) is 23.7. The van der Waals surface area contributed by atoms with Gasteiger partial charge in [-0.3, -0.25) is 9.59 Å². The number of fused-ring (bicyclic) bond motifs is 3. The third-order valence-corrected chi connectivity index (χ3v) is 9.32. The normalized spacial score (nSPS) is 52.4. The van der Waals surface area contributed by atoms with E-state index in [0.29, 0.717) is 31.3 Å². The molecule has 5 fully saturated rings. The van der Waals surface area contributed by atoms with Crippen LogP contribution in [0.15, 0.2) is 0 Å². The molecular formula is C26H40O7. The molecule has 7 nitrogen and oxygen atoms in total. The zero-order valence-electron chi connectivity index (χ0n) is 20.9. The fraction of sp³-hybridized carbons (Fsp3) is 0.923. The molecule has 1 aliphatic carbocycles. The standard InChI is InChI=1S/C26H40O7/c1-7-8-20(28)32-23-13(2)9-16-14(3)12-29-26(6)19(30-15(4)27)10-18-25(5,33-18)11-17-22(23)21(16)24(26)31-17/h13-14,16-19,21-24H,7-12H2,1-6H3. The summed E-state index contributed by atoms with van der Waals surface area (Å²) in [7, 11) is 0. The molecule has 4 heterocycles. The Bertz CT molecular complexity index is 800. The van der Waals surface area contributed by atoms with Crippen LogP contribution in [0.2, 0.25) is 0 Å². The van der Waals surface area contributed by atoms with Gasteiger partial charge in [0.1, 0.15) is 17.8 Å². The fourth-order valence-electron chi connectivity index (χ4n) is 7.54. The molecule has 0 aromatic carbocycles. The van der Waals surface area contributed by atoms with Gasteiger partial charge in [0.2, 0.25) is 0 Å². The first-order valence-electron chi connectivity index (χ1n) is 12.9. The molecule has 0 aromatic heterocycles. The van der Waals surface area contributed by atoms with Crippen molar-refractivity contribution in [3.8, 4) is 0 Å². The van der Waals surface area contributed by atoms with Crippen LogP contribution in [0, 0.1) is 29.6 Å². The summed E-state index contributed by atoms with van der Waals surface area (Å²) in [4.78, 5) is 24.7. The third-order valence-electron chi connectivity index (χ3n) is 9.32. The number of esters is 2. The van der Waals surface area contributed by atoms with Crippen LogP contribution < -0.4 is 0 Å². The summed E-state index contributed by atoms with van der Waals surface area (Å²) in [5, 5.41) is 0. The largest absolute Gasteiger partial charge is 0.462 e. The summed E-state index contributed by atoms with van der Waals surface area (Å²) in [5.74, 6) is 0.853. The first-order valence-corrected chi connectivity index (χ1v) is 12.9. The Morgan fingerprint density at radius 2 is 1.82 bits per heavy atom. The predicted molar refractivity (Wildman–Crippen MR) is 119 cm³/mol. The Balaban J connectivity index is 1.58. The maximum atomic E-state index is 12.6. The Kier molecular flexibility index (Phi) is 5.85. The van der Waals surface area contributed by atoms with Gasteiger partial charge in [-0.15, -0.1) is 0 Å². The molecule has 4 aliphatic heterocycles. The van der Waals surface area contributed by atoms with Gasteiger partial charge >= 0.3 is 11.9 Å². The molecule has 0 spiro atoms. The lowest BCUT2D eigenvalue weighted by Crippen LogP contribution is -2.57. The number of carbonyl (C=O) groups is 2. The van der Waals surface area contributed by atoms with E-state index in [2.05, 4.69) is 27.7 Å². The maximum absolute atomic E-state index is 12.6. The first-order chi connectivity index (χ1) is 15.6. The molecule has 0 N–H and O–H groups in total. The number of carbonyl (C=O) groups excluding carboxylic acids is 2. The van der Waals surface area contributed by atoms with Crippen molar-refractivity contribution in [2.75, 3.05) is 6.61 Å². The number of hydrogen-bond donors (Lipinski definition) is 0. The quantitative estimate of drug-likeness (QED) is 0.464. The molecular weight excluding hydrogens is 424 g/mol. The van der Waals surface area contributed by atoms with E-state index in [9.17, 15) is 9.59 Å². The molecule has 0 radical (unpaired) electrons. The van der Waals surface area contributed by atoms with Crippen LogP contribution in [0.1, 0.15) is 73.6 Å². The molecule has 5 rings (SSSR count). The van der Waals surface area contributed by atoms with Crippen molar-refractivity contribution in [2.24, 2.45) is 29.6 Å².